The molecule has 0 radical (unpaired) electrons. The average Bonchev–Trinajstić information content (AvgIpc) is 1.91. The van der Waals surface area contributed by atoms with Crippen molar-refractivity contribution in [1.29, 1.82) is 0 Å². The Morgan fingerprint density at radius 2 is 1.80 bits per heavy atom. The number of benzene rings is 1. The summed E-state index contributed by atoms with van der Waals surface area (Å²) in [6.45, 7) is 2.24. The van der Waals surface area contributed by atoms with Crippen LogP contribution in [-0.2, 0) is 0 Å². The summed E-state index contributed by atoms with van der Waals surface area (Å²) in [5.41, 5.74) is 0. The van der Waals surface area contributed by atoms with Crippen molar-refractivity contribution in [2.24, 2.45) is 0 Å². The Kier molecular flexibility index (Phi) is 5.29. The molecule has 0 nitrogen and oxygen atoms in total. The van der Waals surface area contributed by atoms with E-state index in [0.717, 1.165) is 0 Å². The maximum Gasteiger partial charge on any atom is -1.00 e. The second-order valence-electron chi connectivity index (χ2n) is 2.02. The molecule has 0 fully saturated rings. The van der Waals surface area contributed by atoms with Gasteiger partial charge in [-0.2, -0.15) is 0 Å². The van der Waals surface area contributed by atoms with Gasteiger partial charge in [-0.1, -0.05) is 0 Å². The smallest absolute Gasteiger partial charge is 1.00 e. The van der Waals surface area contributed by atoms with E-state index in [0.29, 0.717) is 15.2 Å². The molecule has 0 amide bonds. The van der Waals surface area contributed by atoms with Crippen LogP contribution >= 0.6 is 0 Å². The largest absolute Gasteiger partial charge is 1.00 e. The summed E-state index contributed by atoms with van der Waals surface area (Å²) in [6, 6.07) is 10.7. The van der Waals surface area contributed by atoms with Crippen LogP contribution in [0, 0.1) is 0 Å². The van der Waals surface area contributed by atoms with Crippen LogP contribution in [-0.4, -0.2) is 15.2 Å². The van der Waals surface area contributed by atoms with Gasteiger partial charge < -0.3 is 4.70 Å². The minimum atomic E-state index is 0. The van der Waals surface area contributed by atoms with Gasteiger partial charge in [-0.3, -0.25) is 0 Å². The zero-order valence-corrected chi connectivity index (χ0v) is 7.20. The molecule has 0 N–H and O–H groups in total. The molecule has 0 heterocycles. The van der Waals surface area contributed by atoms with Gasteiger partial charge in [0.15, 0.2) is 0 Å². The molecule has 0 aromatic heterocycles. The third-order valence-electron chi connectivity index (χ3n) is 1.24. The van der Waals surface area contributed by atoms with E-state index in [-0.39, 0.29) is 4.70 Å². The Morgan fingerprint density at radius 1 is 1.20 bits per heavy atom. The monoisotopic (exact) mass is 152 g/mol. The average molecular weight is 152 g/mol. The van der Waals surface area contributed by atoms with E-state index in [2.05, 4.69) is 37.3 Å². The molecule has 0 atom stereocenters. The predicted octanol–water partition coefficient (Wildman–Crippen LogP) is -1.54. The minimum Gasteiger partial charge on any atom is -1.00 e. The van der Waals surface area contributed by atoms with E-state index in [1.165, 1.54) is 9.71 Å². The van der Waals surface area contributed by atoms with E-state index in [9.17, 15) is 0 Å². The van der Waals surface area contributed by atoms with Crippen LogP contribution in [0.15, 0.2) is 30.3 Å². The maximum absolute atomic E-state index is 2.24. The summed E-state index contributed by atoms with van der Waals surface area (Å²) < 4.78 is 1.53. The quantitative estimate of drug-likeness (QED) is 0.450. The fraction of sp³-hybridized carbons (Fsp3) is 0.250. The summed E-state index contributed by atoms with van der Waals surface area (Å²) in [5.74, 6) is 0. The molecular formula is C8H10AlF. The Bertz CT molecular complexity index is 162. The second kappa shape index (κ2) is 5.47. The fourth-order valence-electron chi connectivity index (χ4n) is 0.825. The van der Waals surface area contributed by atoms with E-state index in [1.54, 1.807) is 0 Å². The van der Waals surface area contributed by atoms with Gasteiger partial charge in [0.05, 0.1) is 0 Å². The first kappa shape index (κ1) is 9.68. The summed E-state index contributed by atoms with van der Waals surface area (Å²) in [5, 5.41) is 1.32. The van der Waals surface area contributed by atoms with E-state index in [1.807, 2.05) is 0 Å². The topological polar surface area (TPSA) is 0 Å². The van der Waals surface area contributed by atoms with E-state index < -0.39 is 0 Å². The van der Waals surface area contributed by atoms with Crippen molar-refractivity contribution in [1.82, 2.24) is 0 Å². The summed E-state index contributed by atoms with van der Waals surface area (Å²) in [7, 11) is 0. The first-order valence-electron chi connectivity index (χ1n) is 3.31. The standard InChI is InChI=1S/C6H5.C2H5.Al.FH/c1-2-4-6-5-3-1;1-2;;/h1-5H;1H2,2H3;;1H/q;;+1;/p-1. The second-order valence-corrected chi connectivity index (χ2v) is 3.91. The Morgan fingerprint density at radius 3 is 2.30 bits per heavy atom. The number of rotatable bonds is 2. The van der Waals surface area contributed by atoms with Crippen molar-refractivity contribution in [3.63, 3.8) is 0 Å². The number of hydrogen-bond donors (Lipinski definition) is 0. The zero-order chi connectivity index (χ0) is 6.53. The van der Waals surface area contributed by atoms with Crippen molar-refractivity contribution in [3.8, 4) is 0 Å². The molecular weight excluding hydrogens is 142 g/mol. The summed E-state index contributed by atoms with van der Waals surface area (Å²) >= 11 is 0.543. The van der Waals surface area contributed by atoms with Gasteiger partial charge in [0.2, 0.25) is 0 Å². The third-order valence-corrected chi connectivity index (χ3v) is 2.50. The molecule has 1 aromatic carbocycles. The van der Waals surface area contributed by atoms with Crippen LogP contribution in [0.4, 0.5) is 0 Å². The molecule has 0 unspecified atom stereocenters. The molecule has 1 rings (SSSR count). The normalized spacial score (nSPS) is 7.70. The molecule has 0 aliphatic heterocycles. The maximum atomic E-state index is 2.24. The van der Waals surface area contributed by atoms with Crippen LogP contribution in [0.3, 0.4) is 0 Å². The van der Waals surface area contributed by atoms with Crippen LogP contribution in [0.25, 0.3) is 0 Å². The molecule has 0 saturated heterocycles. The molecule has 1 aromatic rings. The van der Waals surface area contributed by atoms with Gasteiger partial charge in [0.25, 0.3) is 0 Å². The third kappa shape index (κ3) is 3.01. The Hall–Kier alpha value is -0.318. The first-order valence-corrected chi connectivity index (χ1v) is 4.71. The molecule has 52 valence electrons. The molecule has 0 aliphatic rings. The van der Waals surface area contributed by atoms with Gasteiger partial charge in [-0.05, 0) is 0 Å². The molecule has 0 bridgehead atoms. The SMILES string of the molecule is C[CH2][Al+][c]1ccccc1.[F-]. The molecule has 2 heteroatoms. The molecule has 10 heavy (non-hydrogen) atoms. The van der Waals surface area contributed by atoms with Crippen molar-refractivity contribution in [2.45, 2.75) is 12.2 Å². The summed E-state index contributed by atoms with van der Waals surface area (Å²) in [4.78, 5) is 0. The Balaban J connectivity index is 0.000000810. The van der Waals surface area contributed by atoms with Gasteiger partial charge >= 0.3 is 62.2 Å². The van der Waals surface area contributed by atoms with E-state index in [4.69, 9.17) is 0 Å². The van der Waals surface area contributed by atoms with Gasteiger partial charge in [0.1, 0.15) is 0 Å². The Labute approximate surface area is 67.3 Å². The van der Waals surface area contributed by atoms with Crippen LogP contribution in [0.2, 0.25) is 5.28 Å². The van der Waals surface area contributed by atoms with Crippen LogP contribution < -0.4 is 9.13 Å². The molecule has 0 saturated carbocycles. The van der Waals surface area contributed by atoms with Gasteiger partial charge in [-0.25, -0.2) is 0 Å². The van der Waals surface area contributed by atoms with Gasteiger partial charge in [-0.15, -0.1) is 0 Å². The van der Waals surface area contributed by atoms with Gasteiger partial charge in [0, 0.05) is 0 Å². The van der Waals surface area contributed by atoms with Crippen LogP contribution in [0.5, 0.6) is 0 Å². The molecule has 0 spiro atoms. The predicted molar refractivity (Wildman–Crippen MR) is 42.3 cm³/mol. The summed E-state index contributed by atoms with van der Waals surface area (Å²) in [6.07, 6.45) is 0. The van der Waals surface area contributed by atoms with Crippen molar-refractivity contribution >= 4 is 19.6 Å². The number of hydrogen-bond acceptors (Lipinski definition) is 0. The van der Waals surface area contributed by atoms with E-state index >= 15 is 0 Å². The van der Waals surface area contributed by atoms with Crippen molar-refractivity contribution < 1.29 is 4.70 Å². The van der Waals surface area contributed by atoms with Crippen molar-refractivity contribution in [2.75, 3.05) is 0 Å². The number of halogens is 1. The van der Waals surface area contributed by atoms with Crippen LogP contribution in [0.1, 0.15) is 6.92 Å². The molecule has 0 aliphatic carbocycles. The zero-order valence-electron chi connectivity index (χ0n) is 6.05. The first-order chi connectivity index (χ1) is 4.43. The fourth-order valence-corrected chi connectivity index (χ4v) is 1.79. The minimum absolute atomic E-state index is 0. The van der Waals surface area contributed by atoms with Crippen molar-refractivity contribution in [3.05, 3.63) is 30.3 Å².